The van der Waals surface area contributed by atoms with Gasteiger partial charge < -0.3 is 10.6 Å². The van der Waals surface area contributed by atoms with Crippen molar-refractivity contribution in [1.82, 2.24) is 5.32 Å². The minimum atomic E-state index is -3.30. The maximum atomic E-state index is 12.6. The lowest BCUT2D eigenvalue weighted by Gasteiger charge is -2.17. The molecule has 1 aliphatic rings. The highest BCUT2D eigenvalue weighted by atomic mass is 32.2. The fourth-order valence-corrected chi connectivity index (χ4v) is 4.76. The van der Waals surface area contributed by atoms with Crippen LogP contribution in [0.15, 0.2) is 48.5 Å². The Hall–Kier alpha value is -2.87. The van der Waals surface area contributed by atoms with Crippen molar-refractivity contribution in [3.8, 4) is 0 Å². The molecular formula is C21H25N3O4S. The van der Waals surface area contributed by atoms with Gasteiger partial charge in [0.15, 0.2) is 0 Å². The minimum absolute atomic E-state index is 0.0505. The number of rotatable bonds is 6. The molecule has 8 heteroatoms. The highest BCUT2D eigenvalue weighted by molar-refractivity contribution is 7.93. The van der Waals surface area contributed by atoms with E-state index in [0.717, 1.165) is 5.56 Å². The van der Waals surface area contributed by atoms with Gasteiger partial charge >= 0.3 is 0 Å². The number of anilines is 2. The number of carbonyl (C=O) groups excluding carboxylic acids is 2. The van der Waals surface area contributed by atoms with E-state index in [1.165, 1.54) is 4.31 Å². The number of nitrogens with zero attached hydrogens (tertiary/aromatic N) is 1. The molecule has 0 spiro atoms. The lowest BCUT2D eigenvalue weighted by molar-refractivity contribution is -0.120. The van der Waals surface area contributed by atoms with Gasteiger partial charge in [0.25, 0.3) is 5.91 Å². The van der Waals surface area contributed by atoms with Gasteiger partial charge in [0.05, 0.1) is 17.9 Å². The molecule has 1 fully saturated rings. The van der Waals surface area contributed by atoms with Crippen molar-refractivity contribution < 1.29 is 18.0 Å². The van der Waals surface area contributed by atoms with Crippen molar-refractivity contribution in [3.63, 3.8) is 0 Å². The molecule has 2 aromatic carbocycles. The first-order chi connectivity index (χ1) is 13.7. The predicted molar refractivity (Wildman–Crippen MR) is 114 cm³/mol. The Morgan fingerprint density at radius 3 is 2.45 bits per heavy atom. The summed E-state index contributed by atoms with van der Waals surface area (Å²) < 4.78 is 25.5. The average Bonchev–Trinajstić information content (AvgIpc) is 3.02. The van der Waals surface area contributed by atoms with E-state index in [9.17, 15) is 18.0 Å². The number of nitrogens with one attached hydrogen (secondary N) is 2. The molecule has 2 amide bonds. The molecular weight excluding hydrogens is 390 g/mol. The monoisotopic (exact) mass is 415 g/mol. The number of benzene rings is 2. The summed E-state index contributed by atoms with van der Waals surface area (Å²) in [6.07, 6.45) is 0.860. The highest BCUT2D eigenvalue weighted by Gasteiger charge is 2.28. The summed E-state index contributed by atoms with van der Waals surface area (Å²) in [7, 11) is -3.30. The summed E-state index contributed by atoms with van der Waals surface area (Å²) >= 11 is 0. The van der Waals surface area contributed by atoms with E-state index in [0.29, 0.717) is 29.9 Å². The first-order valence-corrected chi connectivity index (χ1v) is 11.2. The van der Waals surface area contributed by atoms with Gasteiger partial charge in [0, 0.05) is 23.8 Å². The van der Waals surface area contributed by atoms with Crippen molar-refractivity contribution in [2.24, 2.45) is 0 Å². The van der Waals surface area contributed by atoms with Crippen molar-refractivity contribution in [2.75, 3.05) is 21.9 Å². The third kappa shape index (κ3) is 5.35. The number of hydrogen-bond acceptors (Lipinski definition) is 4. The van der Waals surface area contributed by atoms with E-state index < -0.39 is 10.0 Å². The second-order valence-electron chi connectivity index (χ2n) is 7.34. The largest absolute Gasteiger partial charge is 0.354 e. The Morgan fingerprint density at radius 2 is 1.83 bits per heavy atom. The van der Waals surface area contributed by atoms with Crippen LogP contribution in [-0.2, 0) is 21.2 Å². The molecule has 3 rings (SSSR count). The molecule has 1 aliphatic heterocycles. The molecule has 1 saturated heterocycles. The SMILES string of the molecule is CC(C)NC(=O)Cc1ccc(NC(=O)c2cccc(N3CCCS3(=O)=O)c2)cc1. The van der Waals surface area contributed by atoms with Crippen molar-refractivity contribution in [2.45, 2.75) is 32.7 Å². The number of amides is 2. The van der Waals surface area contributed by atoms with E-state index in [1.54, 1.807) is 48.5 Å². The van der Waals surface area contributed by atoms with Gasteiger partial charge in [-0.2, -0.15) is 0 Å². The van der Waals surface area contributed by atoms with E-state index in [4.69, 9.17) is 0 Å². The van der Waals surface area contributed by atoms with Crippen LogP contribution in [-0.4, -0.2) is 38.6 Å². The average molecular weight is 416 g/mol. The first-order valence-electron chi connectivity index (χ1n) is 9.55. The van der Waals surface area contributed by atoms with Gasteiger partial charge in [0.2, 0.25) is 15.9 Å². The zero-order valence-corrected chi connectivity index (χ0v) is 17.3. The van der Waals surface area contributed by atoms with E-state index in [1.807, 2.05) is 13.8 Å². The van der Waals surface area contributed by atoms with Crippen LogP contribution in [0.1, 0.15) is 36.2 Å². The van der Waals surface area contributed by atoms with E-state index in [-0.39, 0.29) is 30.0 Å². The quantitative estimate of drug-likeness (QED) is 0.758. The van der Waals surface area contributed by atoms with Crippen LogP contribution in [0.3, 0.4) is 0 Å². The molecule has 0 unspecified atom stereocenters. The first kappa shape index (κ1) is 20.9. The highest BCUT2D eigenvalue weighted by Crippen LogP contribution is 2.25. The van der Waals surface area contributed by atoms with Crippen molar-refractivity contribution in [1.29, 1.82) is 0 Å². The van der Waals surface area contributed by atoms with Gasteiger partial charge in [-0.15, -0.1) is 0 Å². The molecule has 2 aromatic rings. The lowest BCUT2D eigenvalue weighted by Crippen LogP contribution is -2.31. The van der Waals surface area contributed by atoms with Crippen LogP contribution in [0.4, 0.5) is 11.4 Å². The zero-order chi connectivity index (χ0) is 21.0. The van der Waals surface area contributed by atoms with Crippen LogP contribution >= 0.6 is 0 Å². The zero-order valence-electron chi connectivity index (χ0n) is 16.5. The number of sulfonamides is 1. The van der Waals surface area contributed by atoms with Gasteiger partial charge in [0.1, 0.15) is 0 Å². The Bertz CT molecular complexity index is 1000. The topological polar surface area (TPSA) is 95.6 Å². The molecule has 0 radical (unpaired) electrons. The van der Waals surface area contributed by atoms with Crippen LogP contribution < -0.4 is 14.9 Å². The van der Waals surface area contributed by atoms with Gasteiger partial charge in [-0.1, -0.05) is 18.2 Å². The molecule has 7 nitrogen and oxygen atoms in total. The summed E-state index contributed by atoms with van der Waals surface area (Å²) in [6, 6.07) is 13.8. The normalized spacial score (nSPS) is 15.3. The molecule has 0 aliphatic carbocycles. The summed E-state index contributed by atoms with van der Waals surface area (Å²) in [5.74, 6) is -0.246. The minimum Gasteiger partial charge on any atom is -0.354 e. The van der Waals surface area contributed by atoms with Gasteiger partial charge in [-0.3, -0.25) is 13.9 Å². The smallest absolute Gasteiger partial charge is 0.255 e. The van der Waals surface area contributed by atoms with Crippen molar-refractivity contribution >= 4 is 33.2 Å². The predicted octanol–water partition coefficient (Wildman–Crippen LogP) is 2.55. The fraction of sp³-hybridized carbons (Fsp3) is 0.333. The number of carbonyl (C=O) groups is 2. The summed E-state index contributed by atoms with van der Waals surface area (Å²) in [5.41, 5.74) is 2.33. The van der Waals surface area contributed by atoms with Crippen LogP contribution in [0, 0.1) is 0 Å². The van der Waals surface area contributed by atoms with Crippen LogP contribution in [0.2, 0.25) is 0 Å². The standard InChI is InChI=1S/C21H25N3O4S/c1-15(2)22-20(25)13-16-7-9-18(10-8-16)23-21(26)17-5-3-6-19(14-17)24-11-4-12-29(24,27)28/h3,5-10,14-15H,4,11-13H2,1-2H3,(H,22,25)(H,23,26). The molecule has 0 atom stereocenters. The second kappa shape index (κ2) is 8.65. The van der Waals surface area contributed by atoms with Gasteiger partial charge in [-0.25, -0.2) is 8.42 Å². The maximum Gasteiger partial charge on any atom is 0.255 e. The Labute approximate surface area is 171 Å². The third-order valence-corrected chi connectivity index (χ3v) is 6.39. The van der Waals surface area contributed by atoms with Crippen molar-refractivity contribution in [3.05, 3.63) is 59.7 Å². The second-order valence-corrected chi connectivity index (χ2v) is 9.35. The third-order valence-electron chi connectivity index (χ3n) is 4.52. The maximum absolute atomic E-state index is 12.6. The molecule has 0 saturated carbocycles. The molecule has 2 N–H and O–H groups in total. The van der Waals surface area contributed by atoms with Crippen LogP contribution in [0.25, 0.3) is 0 Å². The summed E-state index contributed by atoms with van der Waals surface area (Å²) in [6.45, 7) is 4.24. The van der Waals surface area contributed by atoms with E-state index in [2.05, 4.69) is 10.6 Å². The summed E-state index contributed by atoms with van der Waals surface area (Å²) in [5, 5.41) is 5.64. The Kier molecular flexibility index (Phi) is 6.22. The summed E-state index contributed by atoms with van der Waals surface area (Å²) in [4.78, 5) is 24.4. The molecule has 0 aromatic heterocycles. The Balaban J connectivity index is 1.66. The molecule has 29 heavy (non-hydrogen) atoms. The molecule has 0 bridgehead atoms. The fourth-order valence-electron chi connectivity index (χ4n) is 3.20. The number of hydrogen-bond donors (Lipinski definition) is 2. The molecule has 1 heterocycles. The molecule has 154 valence electrons. The van der Waals surface area contributed by atoms with E-state index >= 15 is 0 Å². The van der Waals surface area contributed by atoms with Gasteiger partial charge in [-0.05, 0) is 56.2 Å². The Morgan fingerprint density at radius 1 is 1.10 bits per heavy atom. The van der Waals surface area contributed by atoms with Crippen LogP contribution in [0.5, 0.6) is 0 Å². The lowest BCUT2D eigenvalue weighted by atomic mass is 10.1.